The normalized spacial score (nSPS) is 10.6. The maximum absolute atomic E-state index is 12.2. The Balaban J connectivity index is 1.82. The molecule has 0 bridgehead atoms. The molecular weight excluding hydrogens is 276 g/mol. The monoisotopic (exact) mass is 293 g/mol. The maximum atomic E-state index is 12.2. The van der Waals surface area contributed by atoms with Gasteiger partial charge in [0, 0.05) is 17.1 Å². The molecule has 0 spiro atoms. The van der Waals surface area contributed by atoms with E-state index < -0.39 is 12.0 Å². The Labute approximate surface area is 121 Å². The van der Waals surface area contributed by atoms with E-state index in [1.54, 1.807) is 6.20 Å². The summed E-state index contributed by atoms with van der Waals surface area (Å²) in [4.78, 5) is 15.0. The molecule has 0 amide bonds. The van der Waals surface area contributed by atoms with Gasteiger partial charge in [0.1, 0.15) is 0 Å². The molecule has 0 aliphatic heterocycles. The zero-order valence-corrected chi connectivity index (χ0v) is 11.8. The second kappa shape index (κ2) is 7.02. The summed E-state index contributed by atoms with van der Waals surface area (Å²) >= 11 is 0. The summed E-state index contributed by atoms with van der Waals surface area (Å²) in [6.45, 7) is 1.65. The largest absolute Gasteiger partial charge is 0.462 e. The standard InChI is InChI=1S/C16H17F2NO2/c1-11(15(17)18)6-4-5-9-21-16(20)13-10-19-14-8-3-2-7-12(13)14/h2-3,7-8,10,19H,4-6,9H2,1H3. The van der Waals surface area contributed by atoms with Gasteiger partial charge in [0.05, 0.1) is 12.2 Å². The molecule has 1 aromatic carbocycles. The number of carbonyl (C=O) groups is 1. The third-order valence-corrected chi connectivity index (χ3v) is 3.31. The average molecular weight is 293 g/mol. The third kappa shape index (κ3) is 3.90. The Bertz CT molecular complexity index is 657. The molecule has 1 aromatic heterocycles. The number of hydrogen-bond acceptors (Lipinski definition) is 2. The molecule has 0 radical (unpaired) electrons. The number of benzene rings is 1. The molecule has 0 saturated carbocycles. The lowest BCUT2D eigenvalue weighted by atomic mass is 10.1. The van der Waals surface area contributed by atoms with Crippen molar-refractivity contribution in [1.29, 1.82) is 0 Å². The van der Waals surface area contributed by atoms with E-state index >= 15 is 0 Å². The van der Waals surface area contributed by atoms with Crippen LogP contribution in [0.5, 0.6) is 0 Å². The summed E-state index contributed by atoms with van der Waals surface area (Å²) < 4.78 is 29.6. The Morgan fingerprint density at radius 3 is 2.76 bits per heavy atom. The Kier molecular flexibility index (Phi) is 5.09. The summed E-state index contributed by atoms with van der Waals surface area (Å²) in [6, 6.07) is 7.47. The van der Waals surface area contributed by atoms with Gasteiger partial charge in [-0.15, -0.1) is 0 Å². The SMILES string of the molecule is CC(CCCCOC(=O)c1c[nH]c2ccccc12)=C(F)F. The Morgan fingerprint density at radius 2 is 2.00 bits per heavy atom. The summed E-state index contributed by atoms with van der Waals surface area (Å²) in [5, 5.41) is 0.820. The van der Waals surface area contributed by atoms with E-state index in [1.165, 1.54) is 6.92 Å². The highest BCUT2D eigenvalue weighted by molar-refractivity contribution is 6.03. The van der Waals surface area contributed by atoms with E-state index in [0.717, 1.165) is 10.9 Å². The van der Waals surface area contributed by atoms with Crippen molar-refractivity contribution in [2.24, 2.45) is 0 Å². The molecule has 1 N–H and O–H groups in total. The number of unbranched alkanes of at least 4 members (excludes halogenated alkanes) is 1. The number of fused-ring (bicyclic) bond motifs is 1. The number of aromatic nitrogens is 1. The number of halogens is 2. The summed E-state index contributed by atoms with van der Waals surface area (Å²) in [5.41, 5.74) is 1.47. The second-order valence-electron chi connectivity index (χ2n) is 4.88. The number of carbonyl (C=O) groups excluding carboxylic acids is 1. The van der Waals surface area contributed by atoms with Gasteiger partial charge in [-0.05, 0) is 37.8 Å². The van der Waals surface area contributed by atoms with E-state index in [1.807, 2.05) is 24.3 Å². The molecule has 1 heterocycles. The van der Waals surface area contributed by atoms with Crippen LogP contribution in [0.15, 0.2) is 42.1 Å². The summed E-state index contributed by atoms with van der Waals surface area (Å²) in [5.74, 6) is -0.392. The van der Waals surface area contributed by atoms with Gasteiger partial charge in [-0.2, -0.15) is 8.78 Å². The fourth-order valence-corrected chi connectivity index (χ4v) is 2.07. The quantitative estimate of drug-likeness (QED) is 0.621. The number of H-pyrrole nitrogens is 1. The lowest BCUT2D eigenvalue weighted by molar-refractivity contribution is 0.0500. The minimum atomic E-state index is -1.62. The van der Waals surface area contributed by atoms with Crippen molar-refractivity contribution in [2.75, 3.05) is 6.61 Å². The molecule has 0 aliphatic carbocycles. The van der Waals surface area contributed by atoms with E-state index in [4.69, 9.17) is 4.74 Å². The predicted octanol–water partition coefficient (Wildman–Crippen LogP) is 4.67. The van der Waals surface area contributed by atoms with Gasteiger partial charge in [0.2, 0.25) is 0 Å². The number of aromatic amines is 1. The van der Waals surface area contributed by atoms with Crippen LogP contribution in [-0.2, 0) is 4.74 Å². The molecule has 2 rings (SSSR count). The minimum Gasteiger partial charge on any atom is -0.462 e. The van der Waals surface area contributed by atoms with Gasteiger partial charge in [-0.1, -0.05) is 18.2 Å². The van der Waals surface area contributed by atoms with Crippen molar-refractivity contribution in [2.45, 2.75) is 26.2 Å². The van der Waals surface area contributed by atoms with E-state index in [9.17, 15) is 13.6 Å². The van der Waals surface area contributed by atoms with Crippen molar-refractivity contribution in [3.63, 3.8) is 0 Å². The molecule has 112 valence electrons. The number of hydrogen-bond donors (Lipinski definition) is 1. The fraction of sp³-hybridized carbons (Fsp3) is 0.312. The third-order valence-electron chi connectivity index (χ3n) is 3.31. The van der Waals surface area contributed by atoms with Crippen molar-refractivity contribution >= 4 is 16.9 Å². The molecular formula is C16H17F2NO2. The lowest BCUT2D eigenvalue weighted by Crippen LogP contribution is -2.05. The summed E-state index contributed by atoms with van der Waals surface area (Å²) in [6.07, 6.45) is 1.47. The molecule has 5 heteroatoms. The van der Waals surface area contributed by atoms with E-state index in [-0.39, 0.29) is 12.2 Å². The van der Waals surface area contributed by atoms with Gasteiger partial charge < -0.3 is 9.72 Å². The van der Waals surface area contributed by atoms with Crippen molar-refractivity contribution in [3.05, 3.63) is 47.7 Å². The van der Waals surface area contributed by atoms with Crippen LogP contribution in [0.2, 0.25) is 0 Å². The van der Waals surface area contributed by atoms with Crippen LogP contribution >= 0.6 is 0 Å². The smallest absolute Gasteiger partial charge is 0.340 e. The van der Waals surface area contributed by atoms with Crippen LogP contribution < -0.4 is 0 Å². The van der Waals surface area contributed by atoms with Gasteiger partial charge in [-0.3, -0.25) is 0 Å². The van der Waals surface area contributed by atoms with Gasteiger partial charge in [0.15, 0.2) is 0 Å². The predicted molar refractivity (Wildman–Crippen MR) is 77.3 cm³/mol. The second-order valence-corrected chi connectivity index (χ2v) is 4.88. The zero-order valence-electron chi connectivity index (χ0n) is 11.8. The number of para-hydroxylation sites is 1. The summed E-state index contributed by atoms with van der Waals surface area (Å²) in [7, 11) is 0. The molecule has 0 unspecified atom stereocenters. The minimum absolute atomic E-state index is 0.0953. The molecule has 21 heavy (non-hydrogen) atoms. The van der Waals surface area contributed by atoms with Crippen molar-refractivity contribution in [3.8, 4) is 0 Å². The Morgan fingerprint density at radius 1 is 1.24 bits per heavy atom. The van der Waals surface area contributed by atoms with Crippen molar-refractivity contribution in [1.82, 2.24) is 4.98 Å². The highest BCUT2D eigenvalue weighted by Gasteiger charge is 2.12. The molecule has 0 saturated heterocycles. The van der Waals surface area contributed by atoms with Gasteiger partial charge in [-0.25, -0.2) is 4.79 Å². The van der Waals surface area contributed by atoms with E-state index in [0.29, 0.717) is 24.8 Å². The van der Waals surface area contributed by atoms with E-state index in [2.05, 4.69) is 4.98 Å². The average Bonchev–Trinajstić information content (AvgIpc) is 2.90. The number of allylic oxidation sites excluding steroid dienone is 1. The van der Waals surface area contributed by atoms with Crippen LogP contribution in [0.4, 0.5) is 8.78 Å². The maximum Gasteiger partial charge on any atom is 0.340 e. The number of nitrogens with one attached hydrogen (secondary N) is 1. The van der Waals surface area contributed by atoms with Crippen molar-refractivity contribution < 1.29 is 18.3 Å². The molecule has 0 aliphatic rings. The topological polar surface area (TPSA) is 42.1 Å². The first kappa shape index (κ1) is 15.2. The van der Waals surface area contributed by atoms with Gasteiger partial charge in [0.25, 0.3) is 6.08 Å². The number of rotatable bonds is 6. The number of esters is 1. The van der Waals surface area contributed by atoms with Gasteiger partial charge >= 0.3 is 5.97 Å². The highest BCUT2D eigenvalue weighted by Crippen LogP contribution is 2.19. The van der Waals surface area contributed by atoms with Crippen LogP contribution in [0.3, 0.4) is 0 Å². The van der Waals surface area contributed by atoms with Crippen LogP contribution in [0, 0.1) is 0 Å². The first-order valence-electron chi connectivity index (χ1n) is 6.83. The molecule has 3 nitrogen and oxygen atoms in total. The molecule has 0 fully saturated rings. The Hall–Kier alpha value is -2.17. The first-order chi connectivity index (χ1) is 10.1. The molecule has 2 aromatic rings. The van der Waals surface area contributed by atoms with Crippen LogP contribution in [-0.4, -0.2) is 17.6 Å². The fourth-order valence-electron chi connectivity index (χ4n) is 2.07. The lowest BCUT2D eigenvalue weighted by Gasteiger charge is -2.04. The molecule has 0 atom stereocenters. The van der Waals surface area contributed by atoms with Crippen LogP contribution in [0.25, 0.3) is 10.9 Å². The number of ether oxygens (including phenoxy) is 1. The van der Waals surface area contributed by atoms with Crippen LogP contribution in [0.1, 0.15) is 36.5 Å². The highest BCUT2D eigenvalue weighted by atomic mass is 19.3. The zero-order chi connectivity index (χ0) is 15.2. The first-order valence-corrected chi connectivity index (χ1v) is 6.83.